The van der Waals surface area contributed by atoms with Gasteiger partial charge in [0.15, 0.2) is 0 Å². The Morgan fingerprint density at radius 3 is 2.57 bits per heavy atom. The molecule has 1 atom stereocenters. The molecule has 0 aliphatic heterocycles. The molecule has 1 aromatic heterocycles. The summed E-state index contributed by atoms with van der Waals surface area (Å²) in [5.41, 5.74) is -4.38. The zero-order chi connectivity index (χ0) is 27.0. The predicted octanol–water partition coefficient (Wildman–Crippen LogP) is 4.95. The highest BCUT2D eigenvalue weighted by Crippen LogP contribution is 2.55. The first-order chi connectivity index (χ1) is 17.3. The molecule has 0 spiro atoms. The molecule has 0 saturated heterocycles. The fraction of sp³-hybridized carbons (Fsp3) is 0.269. The number of benzene rings is 2. The number of hydrogen-bond acceptors (Lipinski definition) is 4. The number of carbonyl (C=O) groups excluding carboxylic acids is 1. The number of nitriles is 1. The maximum atomic E-state index is 14.7. The van der Waals surface area contributed by atoms with Gasteiger partial charge < -0.3 is 15.0 Å². The molecule has 2 aromatic carbocycles. The third-order valence-electron chi connectivity index (χ3n) is 6.14. The number of aryl methyl sites for hydroxylation is 1. The molecule has 1 aliphatic rings. The normalized spacial score (nSPS) is 15.6. The Labute approximate surface area is 214 Å². The summed E-state index contributed by atoms with van der Waals surface area (Å²) in [6, 6.07) is 8.05. The lowest BCUT2D eigenvalue weighted by Crippen LogP contribution is -2.44. The summed E-state index contributed by atoms with van der Waals surface area (Å²) < 4.78 is 56.3. The summed E-state index contributed by atoms with van der Waals surface area (Å²) in [6.07, 6.45) is -1.66. The molecule has 1 unspecified atom stereocenters. The number of anilines is 1. The number of aromatic nitrogens is 2. The fourth-order valence-corrected chi connectivity index (χ4v) is 4.26. The SMILES string of the molecule is Cn1cnc(C#CC(O)(CC2(c3cc(C(F)(F)F)ccc3F)CC2)C(=O)Nc2ccc(C#N)c(Cl)c2)c1. The standard InChI is InChI=1S/C26H19ClF4N4O2/c1-35-13-19(33-15-35)6-7-25(37,23(36)34-18-4-2-16(12-32)21(27)11-18)14-24(8-9-24)20-10-17(26(29,30)31)3-5-22(20)28/h2-5,10-11,13,15,37H,8-9,14H2,1H3,(H,34,36). The maximum Gasteiger partial charge on any atom is 0.416 e. The van der Waals surface area contributed by atoms with Gasteiger partial charge in [0.25, 0.3) is 5.91 Å². The molecule has 0 bridgehead atoms. The number of rotatable bonds is 5. The molecule has 3 aromatic rings. The molecule has 1 amide bonds. The summed E-state index contributed by atoms with van der Waals surface area (Å²) in [5, 5.41) is 23.1. The van der Waals surface area contributed by atoms with E-state index >= 15 is 0 Å². The zero-order valence-corrected chi connectivity index (χ0v) is 20.1. The van der Waals surface area contributed by atoms with Crippen molar-refractivity contribution in [1.29, 1.82) is 5.26 Å². The smallest absolute Gasteiger partial charge is 0.369 e. The van der Waals surface area contributed by atoms with Crippen molar-refractivity contribution in [1.82, 2.24) is 9.55 Å². The monoisotopic (exact) mass is 530 g/mol. The molecule has 1 aliphatic carbocycles. The highest BCUT2D eigenvalue weighted by Gasteiger charge is 2.54. The summed E-state index contributed by atoms with van der Waals surface area (Å²) in [7, 11) is 1.70. The summed E-state index contributed by atoms with van der Waals surface area (Å²) >= 11 is 6.03. The molecular weight excluding hydrogens is 512 g/mol. The van der Waals surface area contributed by atoms with Crippen LogP contribution in [0.1, 0.15) is 41.6 Å². The van der Waals surface area contributed by atoms with Gasteiger partial charge in [-0.1, -0.05) is 17.5 Å². The lowest BCUT2D eigenvalue weighted by molar-refractivity contribution is -0.137. The van der Waals surface area contributed by atoms with Gasteiger partial charge in [0.05, 0.1) is 22.5 Å². The number of carbonyl (C=O) groups is 1. The molecule has 37 heavy (non-hydrogen) atoms. The van der Waals surface area contributed by atoms with Crippen LogP contribution in [0, 0.1) is 29.0 Å². The molecular formula is C26H19ClF4N4O2. The molecule has 1 saturated carbocycles. The van der Waals surface area contributed by atoms with Gasteiger partial charge >= 0.3 is 6.18 Å². The van der Waals surface area contributed by atoms with E-state index in [1.807, 2.05) is 6.07 Å². The Morgan fingerprint density at radius 2 is 2.00 bits per heavy atom. The number of imidazole rings is 1. The van der Waals surface area contributed by atoms with E-state index in [1.54, 1.807) is 17.8 Å². The van der Waals surface area contributed by atoms with E-state index in [0.29, 0.717) is 12.1 Å². The Morgan fingerprint density at radius 1 is 1.27 bits per heavy atom. The van der Waals surface area contributed by atoms with Crippen LogP contribution < -0.4 is 5.32 Å². The number of aliphatic hydroxyl groups is 1. The van der Waals surface area contributed by atoms with Gasteiger partial charge in [-0.2, -0.15) is 18.4 Å². The van der Waals surface area contributed by atoms with Gasteiger partial charge in [-0.25, -0.2) is 9.37 Å². The topological polar surface area (TPSA) is 90.9 Å². The number of amides is 1. The maximum absolute atomic E-state index is 14.7. The minimum absolute atomic E-state index is 0.0631. The molecule has 11 heteroatoms. The fourth-order valence-electron chi connectivity index (χ4n) is 4.03. The highest BCUT2D eigenvalue weighted by molar-refractivity contribution is 6.32. The van der Waals surface area contributed by atoms with Crippen LogP contribution >= 0.6 is 11.6 Å². The van der Waals surface area contributed by atoms with Crippen LogP contribution in [0.4, 0.5) is 23.2 Å². The van der Waals surface area contributed by atoms with Crippen molar-refractivity contribution in [3.63, 3.8) is 0 Å². The molecule has 1 fully saturated rings. The van der Waals surface area contributed by atoms with E-state index in [2.05, 4.69) is 22.1 Å². The van der Waals surface area contributed by atoms with Crippen molar-refractivity contribution in [3.8, 4) is 17.9 Å². The number of hydrogen-bond donors (Lipinski definition) is 2. The van der Waals surface area contributed by atoms with Gasteiger partial charge in [-0.15, -0.1) is 0 Å². The third kappa shape index (κ3) is 5.61. The van der Waals surface area contributed by atoms with E-state index in [9.17, 15) is 27.5 Å². The highest BCUT2D eigenvalue weighted by atomic mass is 35.5. The lowest BCUT2D eigenvalue weighted by Gasteiger charge is -2.28. The number of alkyl halides is 3. The largest absolute Gasteiger partial charge is 0.416 e. The van der Waals surface area contributed by atoms with Crippen LogP contribution in [0.5, 0.6) is 0 Å². The van der Waals surface area contributed by atoms with Gasteiger partial charge in [-0.05, 0) is 60.7 Å². The predicted molar refractivity (Wildman–Crippen MR) is 127 cm³/mol. The van der Waals surface area contributed by atoms with Gasteiger partial charge in [-0.3, -0.25) is 4.79 Å². The van der Waals surface area contributed by atoms with Crippen molar-refractivity contribution in [3.05, 3.63) is 82.1 Å². The second kappa shape index (κ2) is 9.55. The average Bonchev–Trinajstić information content (AvgIpc) is 3.47. The number of nitrogens with zero attached hydrogens (tertiary/aromatic N) is 3. The van der Waals surface area contributed by atoms with Crippen LogP contribution in [0.25, 0.3) is 0 Å². The van der Waals surface area contributed by atoms with Crippen LogP contribution in [-0.2, 0) is 23.4 Å². The number of halogens is 5. The van der Waals surface area contributed by atoms with Crippen molar-refractivity contribution < 1.29 is 27.5 Å². The van der Waals surface area contributed by atoms with Crippen molar-refractivity contribution in [2.75, 3.05) is 5.32 Å². The van der Waals surface area contributed by atoms with Gasteiger partial charge in [0.2, 0.25) is 5.60 Å². The first-order valence-electron chi connectivity index (χ1n) is 11.0. The Bertz CT molecular complexity index is 1480. The van der Waals surface area contributed by atoms with Gasteiger partial charge in [0.1, 0.15) is 17.6 Å². The minimum atomic E-state index is -4.69. The summed E-state index contributed by atoms with van der Waals surface area (Å²) in [5.74, 6) is 3.26. The Balaban J connectivity index is 1.72. The molecule has 1 heterocycles. The lowest BCUT2D eigenvalue weighted by atomic mass is 9.82. The molecule has 2 N–H and O–H groups in total. The van der Waals surface area contributed by atoms with Crippen molar-refractivity contribution in [2.24, 2.45) is 7.05 Å². The van der Waals surface area contributed by atoms with Crippen molar-refractivity contribution >= 4 is 23.2 Å². The number of nitrogens with one attached hydrogen (secondary N) is 1. The Kier molecular flexibility index (Phi) is 6.76. The first-order valence-corrected chi connectivity index (χ1v) is 11.3. The third-order valence-corrected chi connectivity index (χ3v) is 6.45. The molecule has 6 nitrogen and oxygen atoms in total. The van der Waals surface area contributed by atoms with Crippen LogP contribution in [-0.4, -0.2) is 26.2 Å². The average molecular weight is 531 g/mol. The quantitative estimate of drug-likeness (QED) is 0.361. The van der Waals surface area contributed by atoms with E-state index in [4.69, 9.17) is 16.9 Å². The minimum Gasteiger partial charge on any atom is -0.369 e. The summed E-state index contributed by atoms with van der Waals surface area (Å²) in [4.78, 5) is 17.3. The second-order valence-electron chi connectivity index (χ2n) is 8.94. The molecule has 190 valence electrons. The van der Waals surface area contributed by atoms with Crippen molar-refractivity contribution in [2.45, 2.75) is 36.5 Å². The van der Waals surface area contributed by atoms with E-state index in [-0.39, 0.29) is 40.4 Å². The van der Waals surface area contributed by atoms with E-state index < -0.39 is 40.9 Å². The van der Waals surface area contributed by atoms with E-state index in [1.165, 1.54) is 24.5 Å². The first kappa shape index (κ1) is 26.2. The second-order valence-corrected chi connectivity index (χ2v) is 9.35. The molecule has 0 radical (unpaired) electrons. The zero-order valence-electron chi connectivity index (χ0n) is 19.3. The van der Waals surface area contributed by atoms with Gasteiger partial charge in [0, 0.05) is 30.8 Å². The van der Waals surface area contributed by atoms with E-state index in [0.717, 1.165) is 6.07 Å². The molecule has 4 rings (SSSR count). The van der Waals surface area contributed by atoms with Crippen LogP contribution in [0.3, 0.4) is 0 Å². The van der Waals surface area contributed by atoms with Crippen LogP contribution in [0.15, 0.2) is 48.9 Å². The van der Waals surface area contributed by atoms with Crippen LogP contribution in [0.2, 0.25) is 5.02 Å². The Hall–Kier alpha value is -3.86. The summed E-state index contributed by atoms with van der Waals surface area (Å²) in [6.45, 7) is 0.